The van der Waals surface area contributed by atoms with Crippen molar-refractivity contribution in [3.63, 3.8) is 0 Å². The maximum absolute atomic E-state index is 11.9. The predicted molar refractivity (Wildman–Crippen MR) is 75.1 cm³/mol. The van der Waals surface area contributed by atoms with Gasteiger partial charge in [-0.05, 0) is 30.2 Å². The van der Waals surface area contributed by atoms with Gasteiger partial charge in [0.15, 0.2) is 0 Å². The van der Waals surface area contributed by atoms with Gasteiger partial charge < -0.3 is 14.7 Å². The van der Waals surface area contributed by atoms with E-state index in [0.717, 1.165) is 11.3 Å². The number of ether oxygens (including phenoxy) is 1. The van der Waals surface area contributed by atoms with E-state index in [2.05, 4.69) is 6.58 Å². The monoisotopic (exact) mass is 275 g/mol. The molecule has 2 rings (SSSR count). The Morgan fingerprint density at radius 2 is 2.25 bits per heavy atom. The quantitative estimate of drug-likeness (QED) is 0.806. The summed E-state index contributed by atoms with van der Waals surface area (Å²) in [6.45, 7) is 4.30. The summed E-state index contributed by atoms with van der Waals surface area (Å²) in [5.74, 6) is -0.152. The number of carboxylic acids is 1. The van der Waals surface area contributed by atoms with Crippen LogP contribution in [0.1, 0.15) is 18.4 Å². The standard InChI is InChI=1S/C15H17NO4/c1-2-8-16-13-5-4-12(20-9-7-15(18)19)10-11(13)3-6-14(16)17/h2,4-5,10H,1,3,6-9H2,(H,18,19). The minimum absolute atomic E-state index is 0.0296. The molecule has 1 aromatic carbocycles. The first-order valence-corrected chi connectivity index (χ1v) is 6.50. The van der Waals surface area contributed by atoms with Gasteiger partial charge in [-0.1, -0.05) is 6.08 Å². The van der Waals surface area contributed by atoms with Crippen LogP contribution in [0.25, 0.3) is 0 Å². The van der Waals surface area contributed by atoms with Gasteiger partial charge in [0.2, 0.25) is 5.91 Å². The molecule has 1 aromatic rings. The molecule has 106 valence electrons. The zero-order valence-corrected chi connectivity index (χ0v) is 11.2. The molecule has 1 N–H and O–H groups in total. The highest BCUT2D eigenvalue weighted by atomic mass is 16.5. The van der Waals surface area contributed by atoms with Crippen LogP contribution < -0.4 is 9.64 Å². The van der Waals surface area contributed by atoms with E-state index in [1.54, 1.807) is 17.0 Å². The van der Waals surface area contributed by atoms with Crippen LogP contribution in [0, 0.1) is 0 Å². The number of fused-ring (bicyclic) bond motifs is 1. The van der Waals surface area contributed by atoms with Crippen LogP contribution in [-0.4, -0.2) is 30.1 Å². The Morgan fingerprint density at radius 1 is 1.45 bits per heavy atom. The molecular weight excluding hydrogens is 258 g/mol. The molecule has 0 radical (unpaired) electrons. The van der Waals surface area contributed by atoms with Gasteiger partial charge in [0, 0.05) is 18.7 Å². The zero-order valence-electron chi connectivity index (χ0n) is 11.2. The highest BCUT2D eigenvalue weighted by molar-refractivity contribution is 5.96. The number of benzene rings is 1. The number of carboxylic acid groups (broad SMARTS) is 1. The number of anilines is 1. The summed E-state index contributed by atoms with van der Waals surface area (Å²) in [5, 5.41) is 8.57. The number of nitrogens with zero attached hydrogens (tertiary/aromatic N) is 1. The van der Waals surface area contributed by atoms with Crippen LogP contribution >= 0.6 is 0 Å². The molecule has 1 aliphatic rings. The average Bonchev–Trinajstić information content (AvgIpc) is 2.42. The van der Waals surface area contributed by atoms with E-state index in [0.29, 0.717) is 25.1 Å². The highest BCUT2D eigenvalue weighted by Crippen LogP contribution is 2.31. The van der Waals surface area contributed by atoms with E-state index in [1.165, 1.54) is 0 Å². The van der Waals surface area contributed by atoms with Crippen molar-refractivity contribution in [3.05, 3.63) is 36.4 Å². The number of hydrogen-bond donors (Lipinski definition) is 1. The lowest BCUT2D eigenvalue weighted by Crippen LogP contribution is -2.35. The molecule has 0 atom stereocenters. The number of carbonyl (C=O) groups excluding carboxylic acids is 1. The van der Waals surface area contributed by atoms with Crippen molar-refractivity contribution in [1.82, 2.24) is 0 Å². The highest BCUT2D eigenvalue weighted by Gasteiger charge is 2.23. The minimum Gasteiger partial charge on any atom is -0.493 e. The van der Waals surface area contributed by atoms with Gasteiger partial charge in [-0.2, -0.15) is 0 Å². The first-order chi connectivity index (χ1) is 9.61. The molecule has 0 saturated carbocycles. The van der Waals surface area contributed by atoms with Gasteiger partial charge >= 0.3 is 5.97 Å². The normalized spacial score (nSPS) is 13.8. The number of carbonyl (C=O) groups is 2. The SMILES string of the molecule is C=CCN1C(=O)CCc2cc(OCCC(=O)O)ccc21. The predicted octanol–water partition coefficient (Wildman–Crippen LogP) is 2.01. The Labute approximate surface area is 117 Å². The molecule has 1 amide bonds. The molecule has 1 heterocycles. The Balaban J connectivity index is 2.13. The van der Waals surface area contributed by atoms with Crippen molar-refractivity contribution in [3.8, 4) is 5.75 Å². The first kappa shape index (κ1) is 14.1. The lowest BCUT2D eigenvalue weighted by Gasteiger charge is -2.28. The molecule has 20 heavy (non-hydrogen) atoms. The third kappa shape index (κ3) is 3.17. The summed E-state index contributed by atoms with van der Waals surface area (Å²) in [5.41, 5.74) is 1.92. The molecule has 1 aliphatic heterocycles. The molecule has 0 aliphatic carbocycles. The Kier molecular flexibility index (Phi) is 4.40. The maximum atomic E-state index is 11.9. The Hall–Kier alpha value is -2.30. The van der Waals surface area contributed by atoms with E-state index < -0.39 is 5.97 Å². The third-order valence-electron chi connectivity index (χ3n) is 3.15. The van der Waals surface area contributed by atoms with Gasteiger partial charge in [0.25, 0.3) is 0 Å². The zero-order chi connectivity index (χ0) is 14.5. The summed E-state index contributed by atoms with van der Waals surface area (Å²) in [6.07, 6.45) is 2.82. The number of hydrogen-bond acceptors (Lipinski definition) is 3. The summed E-state index contributed by atoms with van der Waals surface area (Å²) >= 11 is 0. The second-order valence-electron chi connectivity index (χ2n) is 4.58. The minimum atomic E-state index is -0.884. The van der Waals surface area contributed by atoms with Crippen LogP contribution in [0.5, 0.6) is 5.75 Å². The molecule has 0 aromatic heterocycles. The van der Waals surface area contributed by atoms with Crippen molar-refractivity contribution in [2.75, 3.05) is 18.1 Å². The lowest BCUT2D eigenvalue weighted by molar-refractivity contribution is -0.137. The first-order valence-electron chi connectivity index (χ1n) is 6.50. The molecule has 0 bridgehead atoms. The molecule has 5 heteroatoms. The summed E-state index contributed by atoms with van der Waals surface area (Å²) in [4.78, 5) is 24.0. The fraction of sp³-hybridized carbons (Fsp3) is 0.333. The van der Waals surface area contributed by atoms with E-state index in [-0.39, 0.29) is 18.9 Å². The third-order valence-corrected chi connectivity index (χ3v) is 3.15. The Bertz CT molecular complexity index is 539. The number of rotatable bonds is 6. The largest absolute Gasteiger partial charge is 0.493 e. The molecule has 5 nitrogen and oxygen atoms in total. The van der Waals surface area contributed by atoms with Gasteiger partial charge in [0.05, 0.1) is 13.0 Å². The van der Waals surface area contributed by atoms with E-state index in [1.807, 2.05) is 12.1 Å². The summed E-state index contributed by atoms with van der Waals surface area (Å²) in [7, 11) is 0. The van der Waals surface area contributed by atoms with E-state index in [4.69, 9.17) is 9.84 Å². The van der Waals surface area contributed by atoms with Crippen LogP contribution in [-0.2, 0) is 16.0 Å². The van der Waals surface area contributed by atoms with E-state index >= 15 is 0 Å². The summed E-state index contributed by atoms with van der Waals surface area (Å²) in [6, 6.07) is 5.47. The van der Waals surface area contributed by atoms with Crippen molar-refractivity contribution < 1.29 is 19.4 Å². The second kappa shape index (κ2) is 6.23. The fourth-order valence-corrected chi connectivity index (χ4v) is 2.21. The number of aliphatic carboxylic acids is 1. The van der Waals surface area contributed by atoms with Crippen LogP contribution in [0.15, 0.2) is 30.9 Å². The van der Waals surface area contributed by atoms with E-state index in [9.17, 15) is 9.59 Å². The van der Waals surface area contributed by atoms with Gasteiger partial charge in [-0.3, -0.25) is 9.59 Å². The molecule has 0 spiro atoms. The smallest absolute Gasteiger partial charge is 0.306 e. The molecular formula is C15H17NO4. The van der Waals surface area contributed by atoms with Crippen molar-refractivity contribution in [2.24, 2.45) is 0 Å². The number of aryl methyl sites for hydroxylation is 1. The van der Waals surface area contributed by atoms with Crippen molar-refractivity contribution >= 4 is 17.6 Å². The molecule has 0 saturated heterocycles. The Morgan fingerprint density at radius 3 is 2.95 bits per heavy atom. The molecule has 0 fully saturated rings. The number of amides is 1. The second-order valence-corrected chi connectivity index (χ2v) is 4.58. The van der Waals surface area contributed by atoms with Crippen LogP contribution in [0.2, 0.25) is 0 Å². The molecule has 0 unspecified atom stereocenters. The average molecular weight is 275 g/mol. The topological polar surface area (TPSA) is 66.8 Å². The van der Waals surface area contributed by atoms with Gasteiger partial charge in [0.1, 0.15) is 5.75 Å². The van der Waals surface area contributed by atoms with Crippen LogP contribution in [0.3, 0.4) is 0 Å². The van der Waals surface area contributed by atoms with Crippen LogP contribution in [0.4, 0.5) is 5.69 Å². The van der Waals surface area contributed by atoms with Crippen molar-refractivity contribution in [1.29, 1.82) is 0 Å². The van der Waals surface area contributed by atoms with Gasteiger partial charge in [-0.15, -0.1) is 6.58 Å². The summed E-state index contributed by atoms with van der Waals surface area (Å²) < 4.78 is 5.40. The lowest BCUT2D eigenvalue weighted by atomic mass is 10.0. The van der Waals surface area contributed by atoms with Gasteiger partial charge in [-0.25, -0.2) is 0 Å². The van der Waals surface area contributed by atoms with Crippen molar-refractivity contribution in [2.45, 2.75) is 19.3 Å². The maximum Gasteiger partial charge on any atom is 0.306 e. The fourth-order valence-electron chi connectivity index (χ4n) is 2.21.